The number of anilines is 2. The SMILES string of the molecule is CC(C)(C)Cn1c(=O)c(C(=O)NC2CC2)c(O)n2nc(Nc3cnc(C(=O)O)cn3)cc12. The number of aromatic nitrogens is 5. The number of fused-ring (bicyclic) bond motifs is 1. The van der Waals surface area contributed by atoms with Crippen LogP contribution < -0.4 is 16.2 Å². The lowest BCUT2D eigenvalue weighted by atomic mass is 9.97. The number of carboxylic acid groups (broad SMARTS) is 1. The van der Waals surface area contributed by atoms with Gasteiger partial charge in [-0.05, 0) is 18.3 Å². The van der Waals surface area contributed by atoms with Crippen molar-refractivity contribution in [3.63, 3.8) is 0 Å². The summed E-state index contributed by atoms with van der Waals surface area (Å²) in [6, 6.07) is 1.54. The van der Waals surface area contributed by atoms with Gasteiger partial charge in [0.05, 0.1) is 12.4 Å². The van der Waals surface area contributed by atoms with Crippen LogP contribution in [-0.4, -0.2) is 52.3 Å². The van der Waals surface area contributed by atoms with E-state index in [2.05, 4.69) is 25.7 Å². The number of amides is 1. The van der Waals surface area contributed by atoms with Gasteiger partial charge in [-0.3, -0.25) is 14.2 Å². The van der Waals surface area contributed by atoms with E-state index in [1.165, 1.54) is 16.8 Å². The molecular formula is C20H23N7O5. The maximum absolute atomic E-state index is 13.2. The highest BCUT2D eigenvalue weighted by Crippen LogP contribution is 2.25. The third-order valence-corrected chi connectivity index (χ3v) is 4.75. The van der Waals surface area contributed by atoms with E-state index in [9.17, 15) is 19.5 Å². The number of hydrogen-bond acceptors (Lipinski definition) is 8. The van der Waals surface area contributed by atoms with E-state index in [1.807, 2.05) is 20.8 Å². The summed E-state index contributed by atoms with van der Waals surface area (Å²) < 4.78 is 2.52. The van der Waals surface area contributed by atoms with E-state index >= 15 is 0 Å². The van der Waals surface area contributed by atoms with Crippen LogP contribution in [0.25, 0.3) is 5.65 Å². The van der Waals surface area contributed by atoms with Crippen molar-refractivity contribution in [2.75, 3.05) is 5.32 Å². The van der Waals surface area contributed by atoms with Crippen LogP contribution in [-0.2, 0) is 6.54 Å². The molecule has 1 saturated carbocycles. The lowest BCUT2D eigenvalue weighted by molar-refractivity contribution is 0.0689. The van der Waals surface area contributed by atoms with Crippen molar-refractivity contribution in [2.24, 2.45) is 5.41 Å². The van der Waals surface area contributed by atoms with Gasteiger partial charge < -0.3 is 20.8 Å². The monoisotopic (exact) mass is 441 g/mol. The zero-order valence-corrected chi connectivity index (χ0v) is 17.8. The molecule has 1 amide bonds. The predicted octanol–water partition coefficient (Wildman–Crippen LogP) is 1.37. The molecule has 0 saturated heterocycles. The molecule has 0 radical (unpaired) electrons. The maximum Gasteiger partial charge on any atom is 0.356 e. The van der Waals surface area contributed by atoms with Gasteiger partial charge >= 0.3 is 5.97 Å². The fourth-order valence-electron chi connectivity index (χ4n) is 3.17. The van der Waals surface area contributed by atoms with Gasteiger partial charge in [0.25, 0.3) is 11.5 Å². The number of nitrogens with zero attached hydrogens (tertiary/aromatic N) is 5. The van der Waals surface area contributed by atoms with Crippen LogP contribution in [0.2, 0.25) is 0 Å². The Kier molecular flexibility index (Phi) is 5.07. The van der Waals surface area contributed by atoms with Gasteiger partial charge in [-0.1, -0.05) is 20.8 Å². The summed E-state index contributed by atoms with van der Waals surface area (Å²) in [5.41, 5.74) is -1.22. The first kappa shape index (κ1) is 21.3. The lowest BCUT2D eigenvalue weighted by Crippen LogP contribution is -2.37. The van der Waals surface area contributed by atoms with Crippen molar-refractivity contribution in [1.29, 1.82) is 0 Å². The third-order valence-electron chi connectivity index (χ3n) is 4.75. The van der Waals surface area contributed by atoms with Crippen LogP contribution in [0.3, 0.4) is 0 Å². The highest BCUT2D eigenvalue weighted by atomic mass is 16.4. The largest absolute Gasteiger partial charge is 0.492 e. The van der Waals surface area contributed by atoms with Gasteiger partial charge in [-0.15, -0.1) is 5.10 Å². The van der Waals surface area contributed by atoms with Crippen molar-refractivity contribution >= 4 is 29.2 Å². The minimum Gasteiger partial charge on any atom is -0.492 e. The molecule has 0 spiro atoms. The number of aromatic hydroxyl groups is 1. The Labute approximate surface area is 181 Å². The van der Waals surface area contributed by atoms with Gasteiger partial charge in [0.1, 0.15) is 11.5 Å². The predicted molar refractivity (Wildman–Crippen MR) is 113 cm³/mol. The quantitative estimate of drug-likeness (QED) is 0.442. The molecule has 3 aromatic heterocycles. The molecule has 4 N–H and O–H groups in total. The molecule has 168 valence electrons. The number of aromatic carboxylic acids is 1. The Hall–Kier alpha value is -3.96. The van der Waals surface area contributed by atoms with Crippen LogP contribution in [0.1, 0.15) is 54.5 Å². The molecule has 32 heavy (non-hydrogen) atoms. The molecule has 0 unspecified atom stereocenters. The average Bonchev–Trinajstić information content (AvgIpc) is 3.41. The molecule has 0 aromatic carbocycles. The molecule has 0 bridgehead atoms. The van der Waals surface area contributed by atoms with E-state index in [4.69, 9.17) is 5.11 Å². The van der Waals surface area contributed by atoms with E-state index in [0.717, 1.165) is 23.6 Å². The Balaban J connectivity index is 1.79. The van der Waals surface area contributed by atoms with E-state index in [0.29, 0.717) is 0 Å². The molecule has 1 aliphatic rings. The van der Waals surface area contributed by atoms with Crippen molar-refractivity contribution in [2.45, 2.75) is 46.2 Å². The standard InChI is InChI=1S/C20H23N7O5/c1-20(2,3)9-26-14-6-12(24-13-8-21-11(7-22-13)19(31)32)25-27(14)18(30)15(17(26)29)16(28)23-10-4-5-10/h6-8,10,30H,4-5,9H2,1-3H3,(H,23,28)(H,31,32)(H,22,24,25). The van der Waals surface area contributed by atoms with E-state index < -0.39 is 23.3 Å². The molecule has 0 atom stereocenters. The van der Waals surface area contributed by atoms with Crippen molar-refractivity contribution in [3.8, 4) is 5.88 Å². The van der Waals surface area contributed by atoms with Crippen LogP contribution in [0.4, 0.5) is 11.6 Å². The number of carbonyl (C=O) groups excluding carboxylic acids is 1. The fraction of sp³-hybridized carbons (Fsp3) is 0.400. The number of carbonyl (C=O) groups is 2. The zero-order chi connectivity index (χ0) is 23.2. The maximum atomic E-state index is 13.2. The minimum atomic E-state index is -1.20. The summed E-state index contributed by atoms with van der Waals surface area (Å²) in [4.78, 5) is 44.6. The Morgan fingerprint density at radius 1 is 1.19 bits per heavy atom. The zero-order valence-electron chi connectivity index (χ0n) is 17.8. The molecule has 1 fully saturated rings. The number of carboxylic acids is 1. The first-order chi connectivity index (χ1) is 15.0. The normalized spacial score (nSPS) is 13.8. The van der Waals surface area contributed by atoms with Gasteiger partial charge in [-0.2, -0.15) is 4.52 Å². The summed E-state index contributed by atoms with van der Waals surface area (Å²) in [5.74, 6) is -1.97. The second kappa shape index (κ2) is 7.62. The van der Waals surface area contributed by atoms with Crippen LogP contribution in [0, 0.1) is 5.41 Å². The van der Waals surface area contributed by atoms with Crippen LogP contribution in [0.5, 0.6) is 5.88 Å². The topological polar surface area (TPSA) is 164 Å². The molecule has 3 aromatic rings. The number of nitrogens with one attached hydrogen (secondary N) is 2. The van der Waals surface area contributed by atoms with Crippen LogP contribution >= 0.6 is 0 Å². The van der Waals surface area contributed by atoms with Crippen molar-refractivity contribution < 1.29 is 19.8 Å². The first-order valence-corrected chi connectivity index (χ1v) is 10.0. The smallest absolute Gasteiger partial charge is 0.356 e. The third kappa shape index (κ3) is 4.24. The number of rotatable bonds is 6. The lowest BCUT2D eigenvalue weighted by Gasteiger charge is -2.21. The highest BCUT2D eigenvalue weighted by Gasteiger charge is 2.30. The summed E-state index contributed by atoms with van der Waals surface area (Å²) in [7, 11) is 0. The molecule has 12 nitrogen and oxygen atoms in total. The van der Waals surface area contributed by atoms with Gasteiger partial charge in [-0.25, -0.2) is 14.8 Å². The second-order valence-corrected chi connectivity index (χ2v) is 8.91. The first-order valence-electron chi connectivity index (χ1n) is 10.0. The summed E-state index contributed by atoms with van der Waals surface area (Å²) in [5, 5.41) is 29.5. The van der Waals surface area contributed by atoms with Gasteiger partial charge in [0.15, 0.2) is 17.1 Å². The molecule has 12 heteroatoms. The molecule has 0 aliphatic heterocycles. The molecule has 3 heterocycles. The minimum absolute atomic E-state index is 0.00950. The molecule has 4 rings (SSSR count). The second-order valence-electron chi connectivity index (χ2n) is 8.91. The Bertz CT molecular complexity index is 1270. The average molecular weight is 441 g/mol. The highest BCUT2D eigenvalue weighted by molar-refractivity contribution is 5.96. The summed E-state index contributed by atoms with van der Waals surface area (Å²) >= 11 is 0. The number of hydrogen-bond donors (Lipinski definition) is 4. The molecule has 1 aliphatic carbocycles. The molecular weight excluding hydrogens is 418 g/mol. The fourth-order valence-corrected chi connectivity index (χ4v) is 3.17. The summed E-state index contributed by atoms with van der Waals surface area (Å²) in [6.45, 7) is 6.11. The Morgan fingerprint density at radius 2 is 1.91 bits per heavy atom. The van der Waals surface area contributed by atoms with E-state index in [-0.39, 0.29) is 46.5 Å². The van der Waals surface area contributed by atoms with Crippen molar-refractivity contribution in [3.05, 3.63) is 40.1 Å². The summed E-state index contributed by atoms with van der Waals surface area (Å²) in [6.07, 6.45) is 3.99. The Morgan fingerprint density at radius 3 is 2.47 bits per heavy atom. The van der Waals surface area contributed by atoms with Gasteiger partial charge in [0, 0.05) is 18.7 Å². The van der Waals surface area contributed by atoms with E-state index in [1.54, 1.807) is 0 Å². The van der Waals surface area contributed by atoms with Crippen LogP contribution in [0.15, 0.2) is 23.3 Å². The van der Waals surface area contributed by atoms with Crippen molar-refractivity contribution in [1.82, 2.24) is 29.5 Å². The van der Waals surface area contributed by atoms with Gasteiger partial charge in [0.2, 0.25) is 5.88 Å².